The Labute approximate surface area is 305 Å². The zero-order chi connectivity index (χ0) is 38.9. The van der Waals surface area contributed by atoms with E-state index in [4.69, 9.17) is 15.2 Å². The highest BCUT2D eigenvalue weighted by Crippen LogP contribution is 2.18. The van der Waals surface area contributed by atoms with Crippen molar-refractivity contribution in [3.63, 3.8) is 0 Å². The van der Waals surface area contributed by atoms with Crippen molar-refractivity contribution in [2.75, 3.05) is 13.1 Å². The quantitative estimate of drug-likeness (QED) is 0.0362. The van der Waals surface area contributed by atoms with Gasteiger partial charge in [0, 0.05) is 50.2 Å². The van der Waals surface area contributed by atoms with Gasteiger partial charge in [0.25, 0.3) is 17.5 Å². The van der Waals surface area contributed by atoms with E-state index < -0.39 is 35.1 Å². The number of nitro groups is 1. The van der Waals surface area contributed by atoms with E-state index in [0.717, 1.165) is 4.90 Å². The predicted octanol–water partition coefficient (Wildman–Crippen LogP) is 2.98. The second-order valence-corrected chi connectivity index (χ2v) is 12.6. The second kappa shape index (κ2) is 20.7. The number of rotatable bonds is 21. The molecular formula is C36H44N6O11. The molecule has 3 rings (SSSR count). The Kier molecular flexibility index (Phi) is 16.1. The van der Waals surface area contributed by atoms with Gasteiger partial charge in [-0.2, -0.15) is 0 Å². The zero-order valence-electron chi connectivity index (χ0n) is 29.5. The number of non-ortho nitro benzene ring substituents is 1. The number of unbranched alkanes of at least 4 members (excludes halogenated alkanes) is 2. The Morgan fingerprint density at radius 1 is 0.868 bits per heavy atom. The number of amides is 6. The van der Waals surface area contributed by atoms with Crippen LogP contribution in [-0.4, -0.2) is 76.6 Å². The van der Waals surface area contributed by atoms with Crippen LogP contribution in [0.25, 0.3) is 0 Å². The molecule has 5 N–H and O–H groups in total. The molecule has 6 amide bonds. The normalized spacial score (nSPS) is 13.3. The van der Waals surface area contributed by atoms with Crippen LogP contribution >= 0.6 is 0 Å². The van der Waals surface area contributed by atoms with Crippen LogP contribution in [0.1, 0.15) is 63.5 Å². The van der Waals surface area contributed by atoms with E-state index in [2.05, 4.69) is 16.0 Å². The van der Waals surface area contributed by atoms with Gasteiger partial charge in [-0.1, -0.05) is 44.5 Å². The number of hydrogen-bond donors (Lipinski definition) is 4. The molecule has 1 aliphatic rings. The molecule has 0 bridgehead atoms. The lowest BCUT2D eigenvalue weighted by molar-refractivity contribution is -0.384. The molecule has 53 heavy (non-hydrogen) atoms. The van der Waals surface area contributed by atoms with Crippen molar-refractivity contribution in [1.29, 1.82) is 0 Å². The lowest BCUT2D eigenvalue weighted by Gasteiger charge is -2.25. The Balaban J connectivity index is 1.52. The molecule has 0 spiro atoms. The van der Waals surface area contributed by atoms with Crippen molar-refractivity contribution < 1.29 is 48.0 Å². The zero-order valence-corrected chi connectivity index (χ0v) is 29.5. The van der Waals surface area contributed by atoms with E-state index in [1.165, 1.54) is 36.4 Å². The molecule has 0 unspecified atom stereocenters. The van der Waals surface area contributed by atoms with Crippen LogP contribution in [0, 0.1) is 16.0 Å². The largest absolute Gasteiger partial charge is 0.514 e. The van der Waals surface area contributed by atoms with Crippen molar-refractivity contribution in [3.8, 4) is 5.75 Å². The van der Waals surface area contributed by atoms with Crippen LogP contribution in [0.5, 0.6) is 5.75 Å². The number of ether oxygens (including phenoxy) is 2. The van der Waals surface area contributed by atoms with Crippen LogP contribution in [0.15, 0.2) is 60.7 Å². The Morgan fingerprint density at radius 3 is 2.11 bits per heavy atom. The summed E-state index contributed by atoms with van der Waals surface area (Å²) in [6, 6.07) is 8.95. The molecule has 0 saturated heterocycles. The summed E-state index contributed by atoms with van der Waals surface area (Å²) in [5, 5.41) is 18.8. The van der Waals surface area contributed by atoms with Crippen LogP contribution in [0.2, 0.25) is 0 Å². The molecule has 2 atom stereocenters. The minimum atomic E-state index is -1.01. The molecular weight excluding hydrogens is 692 g/mol. The van der Waals surface area contributed by atoms with E-state index in [1.807, 2.05) is 0 Å². The van der Waals surface area contributed by atoms with Gasteiger partial charge in [0.2, 0.25) is 11.8 Å². The third-order valence-electron chi connectivity index (χ3n) is 8.13. The second-order valence-electron chi connectivity index (χ2n) is 12.6. The van der Waals surface area contributed by atoms with E-state index in [9.17, 15) is 43.7 Å². The van der Waals surface area contributed by atoms with E-state index in [1.54, 1.807) is 38.1 Å². The SMILES string of the molecule is CC(C)[C@H](NC(=O)CCCCCN1C(=O)C=CC1=O)C(=O)N[C@@H](CCCNC(N)=O)C(=O)Cc1ccc(COC(=O)Oc2ccc([N+](=O)[O-])cc2)cc1. The highest BCUT2D eigenvalue weighted by Gasteiger charge is 2.29. The third-order valence-corrected chi connectivity index (χ3v) is 8.13. The summed E-state index contributed by atoms with van der Waals surface area (Å²) < 4.78 is 10.1. The highest BCUT2D eigenvalue weighted by molar-refractivity contribution is 6.12. The third kappa shape index (κ3) is 14.2. The number of ketones is 1. The standard InChI is InChI=1S/C36H44N6O11/c1-23(2)33(40-30(44)8-4-3-5-20-41-31(45)17-18-32(41)46)34(47)39-28(7-6-19-38-35(37)48)29(43)21-24-9-11-25(12-10-24)22-52-36(49)53-27-15-13-26(14-16-27)42(50)51/h9-18,23,28,33H,3-8,19-22H2,1-2H3,(H,39,47)(H,40,44)(H3,37,38,48)/t28-,33-/m0/s1. The molecule has 17 heteroatoms. The highest BCUT2D eigenvalue weighted by atomic mass is 16.7. The van der Waals surface area contributed by atoms with Crippen molar-refractivity contribution in [2.45, 2.75) is 77.5 Å². The first-order chi connectivity index (χ1) is 25.2. The van der Waals surface area contributed by atoms with E-state index in [-0.39, 0.29) is 79.8 Å². The number of Topliss-reactive ketones (excluding diaryl/α,β-unsaturated/α-hetero) is 1. The van der Waals surface area contributed by atoms with Gasteiger partial charge >= 0.3 is 12.2 Å². The van der Waals surface area contributed by atoms with Gasteiger partial charge in [0.15, 0.2) is 5.78 Å². The van der Waals surface area contributed by atoms with Crippen LogP contribution in [0.3, 0.4) is 0 Å². The summed E-state index contributed by atoms with van der Waals surface area (Å²) in [6.07, 6.45) is 3.61. The number of carbonyl (C=O) groups is 7. The lowest BCUT2D eigenvalue weighted by Crippen LogP contribution is -2.54. The number of primary amides is 1. The van der Waals surface area contributed by atoms with Crippen LogP contribution in [-0.2, 0) is 41.7 Å². The monoisotopic (exact) mass is 736 g/mol. The van der Waals surface area contributed by atoms with E-state index >= 15 is 0 Å². The van der Waals surface area contributed by atoms with Crippen molar-refractivity contribution in [2.24, 2.45) is 11.7 Å². The minimum absolute atomic E-state index is 0.0547. The molecule has 2 aromatic carbocycles. The maximum absolute atomic E-state index is 13.5. The summed E-state index contributed by atoms with van der Waals surface area (Å²) in [6.45, 7) is 3.81. The number of carbonyl (C=O) groups excluding carboxylic acids is 7. The number of nitrogens with two attached hydrogens (primary N) is 1. The first-order valence-corrected chi connectivity index (χ1v) is 17.1. The number of nitrogens with one attached hydrogen (secondary N) is 3. The van der Waals surface area contributed by atoms with Gasteiger partial charge < -0.3 is 31.2 Å². The number of urea groups is 1. The number of hydrogen-bond acceptors (Lipinski definition) is 11. The molecule has 2 aromatic rings. The maximum Gasteiger partial charge on any atom is 0.514 e. The minimum Gasteiger partial charge on any atom is -0.429 e. The molecule has 1 heterocycles. The van der Waals surface area contributed by atoms with Crippen molar-refractivity contribution in [1.82, 2.24) is 20.9 Å². The summed E-state index contributed by atoms with van der Waals surface area (Å²) in [4.78, 5) is 97.5. The van der Waals surface area contributed by atoms with Gasteiger partial charge in [-0.25, -0.2) is 9.59 Å². The average molecular weight is 737 g/mol. The van der Waals surface area contributed by atoms with Crippen LogP contribution < -0.4 is 26.4 Å². The Morgan fingerprint density at radius 2 is 1.51 bits per heavy atom. The van der Waals surface area contributed by atoms with Gasteiger partial charge in [-0.3, -0.25) is 39.0 Å². The first kappa shape index (κ1) is 41.3. The maximum atomic E-state index is 13.5. The van der Waals surface area contributed by atoms with Gasteiger partial charge in [-0.15, -0.1) is 0 Å². The number of nitro benzene ring substituents is 1. The summed E-state index contributed by atoms with van der Waals surface area (Å²) in [7, 11) is 0. The van der Waals surface area contributed by atoms with Crippen molar-refractivity contribution >= 4 is 47.3 Å². The molecule has 0 saturated carbocycles. The van der Waals surface area contributed by atoms with Gasteiger partial charge in [-0.05, 0) is 54.9 Å². The summed E-state index contributed by atoms with van der Waals surface area (Å²) in [5.74, 6) is -2.17. The predicted molar refractivity (Wildman–Crippen MR) is 189 cm³/mol. The van der Waals surface area contributed by atoms with Gasteiger partial charge in [0.05, 0.1) is 11.0 Å². The summed E-state index contributed by atoms with van der Waals surface area (Å²) in [5.41, 5.74) is 6.20. The summed E-state index contributed by atoms with van der Waals surface area (Å²) >= 11 is 0. The number of imide groups is 1. The lowest BCUT2D eigenvalue weighted by atomic mass is 9.97. The smallest absolute Gasteiger partial charge is 0.429 e. The van der Waals surface area contributed by atoms with E-state index in [0.29, 0.717) is 36.8 Å². The topological polar surface area (TPSA) is 246 Å². The fraction of sp³-hybridized carbons (Fsp3) is 0.417. The molecule has 17 nitrogen and oxygen atoms in total. The molecule has 284 valence electrons. The van der Waals surface area contributed by atoms with Crippen LogP contribution in [0.4, 0.5) is 15.3 Å². The molecule has 0 radical (unpaired) electrons. The molecule has 0 fully saturated rings. The Bertz CT molecular complexity index is 1660. The fourth-order valence-electron chi connectivity index (χ4n) is 5.24. The number of nitrogens with zero attached hydrogens (tertiary/aromatic N) is 2. The fourth-order valence-corrected chi connectivity index (χ4v) is 5.24. The molecule has 0 aliphatic carbocycles. The Hall–Kier alpha value is -6.13. The molecule has 1 aliphatic heterocycles. The first-order valence-electron chi connectivity index (χ1n) is 17.1. The van der Waals surface area contributed by atoms with Gasteiger partial charge in [0.1, 0.15) is 18.4 Å². The number of benzene rings is 2. The van der Waals surface area contributed by atoms with Crippen molar-refractivity contribution in [3.05, 3.63) is 81.9 Å². The molecule has 0 aromatic heterocycles. The average Bonchev–Trinajstić information content (AvgIpc) is 3.43.